The van der Waals surface area contributed by atoms with Gasteiger partial charge in [-0.05, 0) is 56.2 Å². The second kappa shape index (κ2) is 11.7. The Bertz CT molecular complexity index is 1380. The number of nitrogens with zero attached hydrogens (tertiary/aromatic N) is 1. The van der Waals surface area contributed by atoms with E-state index < -0.39 is 12.0 Å². The molecular weight excluding hydrogens is 474 g/mol. The molecule has 10 nitrogen and oxygen atoms in total. The summed E-state index contributed by atoms with van der Waals surface area (Å²) in [6, 6.07) is 16.1. The quantitative estimate of drug-likeness (QED) is 0.209. The number of hydrogen-bond donors (Lipinski definition) is 5. The van der Waals surface area contributed by atoms with E-state index in [1.54, 1.807) is 30.3 Å². The van der Waals surface area contributed by atoms with Crippen molar-refractivity contribution in [3.8, 4) is 17.4 Å². The van der Waals surface area contributed by atoms with Crippen LogP contribution in [0.25, 0.3) is 11.0 Å². The molecule has 4 rings (SSSR count). The number of aromatic nitrogens is 3. The SMILES string of the molecule is C.CC(C)(Cc1ccc(Oc2ccc(C(N)=O)cn2)cc1)NCC(O)COc1cccc2[nH]c(=O)[nH]c12. The lowest BCUT2D eigenvalue weighted by Crippen LogP contribution is -2.46. The fourth-order valence-electron chi connectivity index (χ4n) is 3.75. The van der Waals surface area contributed by atoms with Crippen molar-refractivity contribution in [2.75, 3.05) is 13.2 Å². The number of aromatic amines is 2. The number of carbonyl (C=O) groups excluding carboxylic acids is 1. The maximum Gasteiger partial charge on any atom is 0.323 e. The summed E-state index contributed by atoms with van der Waals surface area (Å²) >= 11 is 0. The van der Waals surface area contributed by atoms with Crippen molar-refractivity contribution in [1.29, 1.82) is 0 Å². The van der Waals surface area contributed by atoms with E-state index in [9.17, 15) is 14.7 Å². The molecule has 196 valence electrons. The van der Waals surface area contributed by atoms with E-state index in [4.69, 9.17) is 15.2 Å². The molecule has 0 saturated heterocycles. The number of rotatable bonds is 11. The molecule has 37 heavy (non-hydrogen) atoms. The Balaban J connectivity index is 0.00000380. The van der Waals surface area contributed by atoms with Crippen LogP contribution in [0.1, 0.15) is 37.2 Å². The second-order valence-corrected chi connectivity index (χ2v) is 9.16. The lowest BCUT2D eigenvalue weighted by atomic mass is 9.94. The predicted octanol–water partition coefficient (Wildman–Crippen LogP) is 3.13. The van der Waals surface area contributed by atoms with Crippen LogP contribution in [-0.2, 0) is 6.42 Å². The topological polar surface area (TPSA) is 155 Å². The van der Waals surface area contributed by atoms with Crippen LogP contribution in [0.3, 0.4) is 0 Å². The van der Waals surface area contributed by atoms with E-state index in [2.05, 4.69) is 34.1 Å². The van der Waals surface area contributed by atoms with Crippen molar-refractivity contribution in [3.05, 3.63) is 82.4 Å². The summed E-state index contributed by atoms with van der Waals surface area (Å²) in [4.78, 5) is 32.1. The number of β-amino-alcohol motifs (C(OH)–C–C–N with tert-alkyl or cyclic N) is 1. The maximum absolute atomic E-state index is 11.5. The Morgan fingerprint density at radius 1 is 1.14 bits per heavy atom. The Morgan fingerprint density at radius 2 is 1.89 bits per heavy atom. The van der Waals surface area contributed by atoms with Crippen LogP contribution in [-0.4, -0.2) is 50.8 Å². The number of carbonyl (C=O) groups is 1. The highest BCUT2D eigenvalue weighted by molar-refractivity contribution is 5.92. The Kier molecular flexibility index (Phi) is 8.69. The largest absolute Gasteiger partial charge is 0.489 e. The van der Waals surface area contributed by atoms with Gasteiger partial charge >= 0.3 is 5.69 Å². The first-order chi connectivity index (χ1) is 17.2. The number of benzene rings is 2. The molecule has 0 aliphatic rings. The van der Waals surface area contributed by atoms with Crippen molar-refractivity contribution in [2.24, 2.45) is 5.73 Å². The van der Waals surface area contributed by atoms with E-state index in [0.717, 1.165) is 12.0 Å². The first-order valence-electron chi connectivity index (χ1n) is 11.5. The van der Waals surface area contributed by atoms with Crippen molar-refractivity contribution in [1.82, 2.24) is 20.3 Å². The van der Waals surface area contributed by atoms with Crippen LogP contribution in [0.4, 0.5) is 0 Å². The molecule has 0 fully saturated rings. The number of fused-ring (bicyclic) bond motifs is 1. The van der Waals surface area contributed by atoms with Crippen LogP contribution in [0.2, 0.25) is 0 Å². The van der Waals surface area contributed by atoms with Gasteiger partial charge in [-0.3, -0.25) is 4.79 Å². The third-order valence-electron chi connectivity index (χ3n) is 5.57. The maximum atomic E-state index is 11.5. The minimum Gasteiger partial charge on any atom is -0.489 e. The summed E-state index contributed by atoms with van der Waals surface area (Å²) in [6.45, 7) is 4.53. The molecule has 1 atom stereocenters. The minimum atomic E-state index is -0.741. The molecule has 0 aliphatic carbocycles. The highest BCUT2D eigenvalue weighted by Crippen LogP contribution is 2.23. The van der Waals surface area contributed by atoms with Gasteiger partial charge < -0.3 is 35.6 Å². The molecule has 1 amide bonds. The number of amides is 1. The number of H-pyrrole nitrogens is 2. The average molecular weight is 508 g/mol. The number of imidazole rings is 1. The molecular formula is C27H33N5O5. The zero-order valence-corrected chi connectivity index (χ0v) is 20.1. The van der Waals surface area contributed by atoms with Crippen LogP contribution in [0.15, 0.2) is 65.6 Å². The first-order valence-corrected chi connectivity index (χ1v) is 11.5. The summed E-state index contributed by atoms with van der Waals surface area (Å²) in [7, 11) is 0. The van der Waals surface area contributed by atoms with Crippen LogP contribution < -0.4 is 26.2 Å². The number of primary amides is 1. The molecule has 2 heterocycles. The van der Waals surface area contributed by atoms with Crippen molar-refractivity contribution in [2.45, 2.75) is 39.3 Å². The molecule has 0 bridgehead atoms. The molecule has 2 aromatic heterocycles. The molecule has 10 heteroatoms. The third kappa shape index (κ3) is 7.42. The van der Waals surface area contributed by atoms with E-state index in [0.29, 0.717) is 40.5 Å². The van der Waals surface area contributed by atoms with Crippen LogP contribution in [0, 0.1) is 0 Å². The van der Waals surface area contributed by atoms with Gasteiger partial charge in [-0.1, -0.05) is 25.6 Å². The Morgan fingerprint density at radius 3 is 2.57 bits per heavy atom. The van der Waals surface area contributed by atoms with Gasteiger partial charge in [-0.2, -0.15) is 0 Å². The number of nitrogens with one attached hydrogen (secondary N) is 3. The zero-order chi connectivity index (χ0) is 25.7. The average Bonchev–Trinajstić information content (AvgIpc) is 3.23. The van der Waals surface area contributed by atoms with Gasteiger partial charge in [0.2, 0.25) is 11.8 Å². The third-order valence-corrected chi connectivity index (χ3v) is 5.57. The summed E-state index contributed by atoms with van der Waals surface area (Å²) < 4.78 is 11.5. The van der Waals surface area contributed by atoms with Crippen molar-refractivity contribution in [3.63, 3.8) is 0 Å². The summed E-state index contributed by atoms with van der Waals surface area (Å²) in [6.07, 6.45) is 1.35. The number of hydrogen-bond acceptors (Lipinski definition) is 7. The molecule has 2 aromatic carbocycles. The monoisotopic (exact) mass is 507 g/mol. The normalized spacial score (nSPS) is 12.1. The predicted molar refractivity (Wildman–Crippen MR) is 142 cm³/mol. The first kappa shape index (κ1) is 27.4. The van der Waals surface area contributed by atoms with Gasteiger partial charge in [0.25, 0.3) is 0 Å². The van der Waals surface area contributed by atoms with Gasteiger partial charge in [-0.15, -0.1) is 0 Å². The van der Waals surface area contributed by atoms with Gasteiger partial charge in [0, 0.05) is 24.3 Å². The van der Waals surface area contributed by atoms with Crippen LogP contribution >= 0.6 is 0 Å². The Hall–Kier alpha value is -4.15. The van der Waals surface area contributed by atoms with E-state index >= 15 is 0 Å². The lowest BCUT2D eigenvalue weighted by Gasteiger charge is -2.28. The van der Waals surface area contributed by atoms with E-state index in [-0.39, 0.29) is 25.3 Å². The van der Waals surface area contributed by atoms with Gasteiger partial charge in [0.05, 0.1) is 11.1 Å². The number of pyridine rings is 1. The molecule has 6 N–H and O–H groups in total. The smallest absolute Gasteiger partial charge is 0.323 e. The number of para-hydroxylation sites is 1. The van der Waals surface area contributed by atoms with Gasteiger partial charge in [0.1, 0.15) is 29.7 Å². The molecule has 0 radical (unpaired) electrons. The summed E-state index contributed by atoms with van der Waals surface area (Å²) in [5.74, 6) is 0.951. The summed E-state index contributed by atoms with van der Waals surface area (Å²) in [5.41, 5.74) is 7.26. The molecule has 0 aliphatic heterocycles. The van der Waals surface area contributed by atoms with Crippen molar-refractivity contribution < 1.29 is 19.4 Å². The Labute approximate surface area is 214 Å². The van der Waals surface area contributed by atoms with E-state index in [1.807, 2.05) is 24.3 Å². The zero-order valence-electron chi connectivity index (χ0n) is 20.1. The highest BCUT2D eigenvalue weighted by atomic mass is 16.5. The highest BCUT2D eigenvalue weighted by Gasteiger charge is 2.20. The second-order valence-electron chi connectivity index (χ2n) is 9.16. The fraction of sp³-hybridized carbons (Fsp3) is 0.296. The van der Waals surface area contributed by atoms with Crippen LogP contribution in [0.5, 0.6) is 17.4 Å². The van der Waals surface area contributed by atoms with E-state index in [1.165, 1.54) is 6.20 Å². The van der Waals surface area contributed by atoms with Gasteiger partial charge in [-0.25, -0.2) is 9.78 Å². The fourth-order valence-corrected chi connectivity index (χ4v) is 3.75. The summed E-state index contributed by atoms with van der Waals surface area (Å²) in [5, 5.41) is 13.8. The molecule has 4 aromatic rings. The lowest BCUT2D eigenvalue weighted by molar-refractivity contribution is 0.0994. The molecule has 1 unspecified atom stereocenters. The van der Waals surface area contributed by atoms with Gasteiger partial charge in [0.15, 0.2) is 0 Å². The molecule has 0 saturated carbocycles. The number of aliphatic hydroxyl groups excluding tert-OH is 1. The van der Waals surface area contributed by atoms with Crippen molar-refractivity contribution >= 4 is 16.9 Å². The minimum absolute atomic E-state index is 0. The standard InChI is InChI=1S/C26H29N5O5.CH4/c1-26(2,29-14-18(32)15-35-21-5-3-4-20-23(21)31-25(34)30-20)12-16-6-9-19(10-7-16)36-22-11-8-17(13-28-22)24(27)33;/h3-11,13,18,29,32H,12,14-15H2,1-2H3,(H2,27,33)(H2,30,31,34);1H4. The molecule has 0 spiro atoms. The number of ether oxygens (including phenoxy) is 2. The number of aliphatic hydroxyl groups is 1. The number of nitrogens with two attached hydrogens (primary N) is 1.